The van der Waals surface area contributed by atoms with E-state index in [2.05, 4.69) is 6.92 Å². The Morgan fingerprint density at radius 1 is 1.00 bits per heavy atom. The highest BCUT2D eigenvalue weighted by Gasteiger charge is 2.26. The smallest absolute Gasteiger partial charge is 0.274 e. The number of halogens is 1. The van der Waals surface area contributed by atoms with Gasteiger partial charge in [-0.15, -0.1) is 11.3 Å². The number of hydrogen-bond acceptors (Lipinski definition) is 5. The zero-order valence-corrected chi connectivity index (χ0v) is 22.4. The summed E-state index contributed by atoms with van der Waals surface area (Å²) < 4.78 is 25.8. The molecule has 1 aliphatic heterocycles. The lowest BCUT2D eigenvalue weighted by molar-refractivity contribution is 0.0690. The summed E-state index contributed by atoms with van der Waals surface area (Å²) in [5.74, 6) is 0.544. The van der Waals surface area contributed by atoms with Gasteiger partial charge in [-0.05, 0) is 66.8 Å². The predicted octanol–water partition coefficient (Wildman–Crippen LogP) is 6.20. The molecule has 1 amide bonds. The lowest BCUT2D eigenvalue weighted by atomic mass is 9.99. The summed E-state index contributed by atoms with van der Waals surface area (Å²) in [4.78, 5) is 17.3. The first-order valence-electron chi connectivity index (χ1n) is 11.8. The number of carbonyl (C=O) groups is 1. The molecule has 4 aromatic rings. The molecule has 0 saturated carbocycles. The van der Waals surface area contributed by atoms with Crippen molar-refractivity contribution < 1.29 is 13.2 Å². The Morgan fingerprint density at radius 2 is 1.72 bits per heavy atom. The third-order valence-corrected chi connectivity index (χ3v) is 9.07. The van der Waals surface area contributed by atoms with Crippen LogP contribution in [0.15, 0.2) is 71.6 Å². The molecule has 36 heavy (non-hydrogen) atoms. The van der Waals surface area contributed by atoms with E-state index in [9.17, 15) is 13.2 Å². The maximum atomic E-state index is 13.3. The summed E-state index contributed by atoms with van der Waals surface area (Å²) in [6.45, 7) is 3.67. The number of sulfone groups is 1. The van der Waals surface area contributed by atoms with E-state index in [1.807, 2.05) is 47.4 Å². The number of likely N-dealkylation sites (tertiary alicyclic amines) is 1. The number of benzene rings is 2. The van der Waals surface area contributed by atoms with Gasteiger partial charge in [-0.25, -0.2) is 13.1 Å². The van der Waals surface area contributed by atoms with Crippen LogP contribution < -0.4 is 0 Å². The van der Waals surface area contributed by atoms with Crippen molar-refractivity contribution in [1.82, 2.24) is 14.7 Å². The second-order valence-electron chi connectivity index (χ2n) is 9.22. The van der Waals surface area contributed by atoms with Crippen LogP contribution in [0, 0.1) is 5.92 Å². The second kappa shape index (κ2) is 9.84. The predicted molar refractivity (Wildman–Crippen MR) is 145 cm³/mol. The quantitative estimate of drug-likeness (QED) is 0.303. The molecule has 0 spiro atoms. The van der Waals surface area contributed by atoms with Crippen molar-refractivity contribution in [3.63, 3.8) is 0 Å². The molecule has 0 unspecified atom stereocenters. The minimum absolute atomic E-state index is 0.0772. The number of carbonyl (C=O) groups excluding carboxylic acids is 1. The molecular weight excluding hydrogens is 514 g/mol. The van der Waals surface area contributed by atoms with Crippen molar-refractivity contribution in [1.29, 1.82) is 0 Å². The molecule has 5 rings (SSSR count). The van der Waals surface area contributed by atoms with Crippen LogP contribution in [0.3, 0.4) is 0 Å². The van der Waals surface area contributed by atoms with Crippen molar-refractivity contribution in [2.45, 2.75) is 24.7 Å². The number of aromatic nitrogens is 2. The van der Waals surface area contributed by atoms with E-state index < -0.39 is 9.84 Å². The van der Waals surface area contributed by atoms with Gasteiger partial charge >= 0.3 is 0 Å². The van der Waals surface area contributed by atoms with Crippen LogP contribution in [0.2, 0.25) is 5.02 Å². The van der Waals surface area contributed by atoms with Crippen LogP contribution in [-0.2, 0) is 9.84 Å². The minimum atomic E-state index is -3.31. The van der Waals surface area contributed by atoms with Gasteiger partial charge in [-0.3, -0.25) is 4.79 Å². The average molecular weight is 540 g/mol. The van der Waals surface area contributed by atoms with Gasteiger partial charge in [0.05, 0.1) is 26.2 Å². The maximum Gasteiger partial charge on any atom is 0.274 e. The zero-order chi connectivity index (χ0) is 25.4. The Labute approximate surface area is 220 Å². The molecule has 0 aliphatic carbocycles. The summed E-state index contributed by atoms with van der Waals surface area (Å²) in [5.41, 5.74) is 2.65. The summed E-state index contributed by atoms with van der Waals surface area (Å²) in [6, 6.07) is 20.1. The molecule has 9 heteroatoms. The number of nitrogens with zero attached hydrogens (tertiary/aromatic N) is 3. The second-order valence-corrected chi connectivity index (χ2v) is 12.7. The molecule has 2 aromatic heterocycles. The van der Waals surface area contributed by atoms with Gasteiger partial charge in [0.15, 0.2) is 15.5 Å². The Kier molecular flexibility index (Phi) is 6.76. The van der Waals surface area contributed by atoms with E-state index in [0.717, 1.165) is 46.9 Å². The summed E-state index contributed by atoms with van der Waals surface area (Å²) >= 11 is 8.03. The fourth-order valence-electron chi connectivity index (χ4n) is 4.35. The lowest BCUT2D eigenvalue weighted by Gasteiger charge is -2.29. The molecule has 186 valence electrons. The first kappa shape index (κ1) is 24.7. The van der Waals surface area contributed by atoms with Crippen molar-refractivity contribution in [2.24, 2.45) is 5.92 Å². The number of thiophene rings is 1. The standard InChI is InChI=1S/C27H26ClN3O3S2/c1-18-12-14-30(15-13-18)27(32)22-17-24(31(29-22)23-9-4-3-8-21(23)28)26-11-10-25(35-26)19-6-5-7-20(16-19)36(2,33)34/h3-11,16-18H,12-15H2,1-2H3. The van der Waals surface area contributed by atoms with E-state index in [1.54, 1.807) is 28.9 Å². The monoisotopic (exact) mass is 539 g/mol. The van der Waals surface area contributed by atoms with E-state index in [4.69, 9.17) is 16.7 Å². The Hall–Kier alpha value is -2.94. The third-order valence-electron chi connectivity index (χ3n) is 6.49. The van der Waals surface area contributed by atoms with Crippen LogP contribution in [-0.4, -0.2) is 48.4 Å². The minimum Gasteiger partial charge on any atom is -0.337 e. The summed E-state index contributed by atoms with van der Waals surface area (Å²) in [7, 11) is -3.31. The zero-order valence-electron chi connectivity index (χ0n) is 20.0. The molecular formula is C27H26ClN3O3S2. The molecule has 0 bridgehead atoms. The van der Waals surface area contributed by atoms with E-state index in [0.29, 0.717) is 22.3 Å². The molecule has 0 atom stereocenters. The molecule has 0 radical (unpaired) electrons. The summed E-state index contributed by atoms with van der Waals surface area (Å²) in [5, 5.41) is 5.24. The molecule has 0 N–H and O–H groups in total. The normalized spacial score (nSPS) is 14.8. The SMILES string of the molecule is CC1CCN(C(=O)c2cc(-c3ccc(-c4cccc(S(C)(=O)=O)c4)s3)n(-c3ccccc3Cl)n2)CC1. The van der Waals surface area contributed by atoms with Crippen molar-refractivity contribution in [3.05, 3.63) is 77.4 Å². The Balaban J connectivity index is 1.56. The fraction of sp³-hybridized carbons (Fsp3) is 0.259. The number of piperidine rings is 1. The lowest BCUT2D eigenvalue weighted by Crippen LogP contribution is -2.38. The van der Waals surface area contributed by atoms with Crippen molar-refractivity contribution in [2.75, 3.05) is 19.3 Å². The van der Waals surface area contributed by atoms with Crippen molar-refractivity contribution >= 4 is 38.7 Å². The van der Waals surface area contributed by atoms with Crippen molar-refractivity contribution in [3.8, 4) is 26.7 Å². The number of para-hydroxylation sites is 1. The highest BCUT2D eigenvalue weighted by Crippen LogP contribution is 2.37. The Morgan fingerprint density at radius 3 is 2.44 bits per heavy atom. The topological polar surface area (TPSA) is 72.3 Å². The largest absolute Gasteiger partial charge is 0.337 e. The van der Waals surface area contributed by atoms with Crippen LogP contribution in [0.1, 0.15) is 30.3 Å². The van der Waals surface area contributed by atoms with Gasteiger partial charge in [-0.1, -0.05) is 42.8 Å². The van der Waals surface area contributed by atoms with E-state index >= 15 is 0 Å². The maximum absolute atomic E-state index is 13.3. The molecule has 6 nitrogen and oxygen atoms in total. The van der Waals surface area contributed by atoms with E-state index in [1.165, 1.54) is 17.6 Å². The van der Waals surface area contributed by atoms with Gasteiger partial charge in [0, 0.05) is 24.2 Å². The third kappa shape index (κ3) is 4.98. The molecule has 1 saturated heterocycles. The highest BCUT2D eigenvalue weighted by atomic mass is 35.5. The molecule has 1 aliphatic rings. The van der Waals surface area contributed by atoms with Crippen LogP contribution in [0.5, 0.6) is 0 Å². The van der Waals surface area contributed by atoms with Crippen LogP contribution in [0.4, 0.5) is 0 Å². The van der Waals surface area contributed by atoms with Crippen LogP contribution >= 0.6 is 22.9 Å². The molecule has 2 aromatic carbocycles. The number of hydrogen-bond donors (Lipinski definition) is 0. The molecule has 3 heterocycles. The number of rotatable bonds is 5. The van der Waals surface area contributed by atoms with Gasteiger partial charge in [0.1, 0.15) is 0 Å². The van der Waals surface area contributed by atoms with Gasteiger partial charge < -0.3 is 4.90 Å². The van der Waals surface area contributed by atoms with Gasteiger partial charge in [0.25, 0.3) is 5.91 Å². The summed E-state index contributed by atoms with van der Waals surface area (Å²) in [6.07, 6.45) is 3.19. The number of amides is 1. The average Bonchev–Trinajstić information content (AvgIpc) is 3.52. The van der Waals surface area contributed by atoms with Gasteiger partial charge in [-0.2, -0.15) is 5.10 Å². The van der Waals surface area contributed by atoms with Crippen LogP contribution in [0.25, 0.3) is 26.7 Å². The van der Waals surface area contributed by atoms with E-state index in [-0.39, 0.29) is 10.8 Å². The first-order chi connectivity index (χ1) is 17.2. The van der Waals surface area contributed by atoms with Gasteiger partial charge in [0.2, 0.25) is 0 Å². The highest BCUT2D eigenvalue weighted by molar-refractivity contribution is 7.90. The Bertz CT molecular complexity index is 1530. The fourth-order valence-corrected chi connectivity index (χ4v) is 6.24. The first-order valence-corrected chi connectivity index (χ1v) is 14.8. The molecule has 1 fully saturated rings.